The van der Waals surface area contributed by atoms with Gasteiger partial charge in [-0.05, 0) is 65.7 Å². The molecule has 0 N–H and O–H groups in total. The lowest BCUT2D eigenvalue weighted by molar-refractivity contribution is -0.149. The zero-order chi connectivity index (χ0) is 17.3. The molecule has 122 valence electrons. The lowest BCUT2D eigenvalue weighted by Gasteiger charge is -2.19. The van der Waals surface area contributed by atoms with Gasteiger partial charge in [-0.15, -0.1) is 0 Å². The normalized spacial score (nSPS) is 22.6. The number of hydrogen-bond acceptors (Lipinski definition) is 2. The van der Waals surface area contributed by atoms with Crippen molar-refractivity contribution in [2.24, 2.45) is 16.7 Å². The maximum Gasteiger partial charge on any atom is 0.316 e. The second kappa shape index (κ2) is 6.24. The van der Waals surface area contributed by atoms with Crippen LogP contribution in [0.1, 0.15) is 53.5 Å². The van der Waals surface area contributed by atoms with E-state index in [-0.39, 0.29) is 17.3 Å². The van der Waals surface area contributed by atoms with Crippen LogP contribution in [0.25, 0.3) is 0 Å². The summed E-state index contributed by atoms with van der Waals surface area (Å²) in [5, 5.41) is 0. The van der Waals surface area contributed by atoms with Gasteiger partial charge in [-0.3, -0.25) is 4.79 Å². The van der Waals surface area contributed by atoms with E-state index < -0.39 is 5.41 Å². The molecular formula is C21H26O2. The minimum Gasteiger partial charge on any atom is -0.430 e. The summed E-state index contributed by atoms with van der Waals surface area (Å²) in [5.41, 5.74) is 1.46. The van der Waals surface area contributed by atoms with Crippen molar-refractivity contribution in [3.8, 4) is 11.8 Å². The van der Waals surface area contributed by atoms with E-state index in [1.807, 2.05) is 65.0 Å². The van der Waals surface area contributed by atoms with Gasteiger partial charge < -0.3 is 4.74 Å². The first-order valence-corrected chi connectivity index (χ1v) is 8.11. The molecule has 1 aliphatic rings. The molecule has 1 aliphatic carbocycles. The van der Waals surface area contributed by atoms with Crippen molar-refractivity contribution in [2.75, 3.05) is 0 Å². The maximum atomic E-state index is 12.2. The average Bonchev–Trinajstić information content (AvgIpc) is 3.14. The Hall–Kier alpha value is -2.01. The fourth-order valence-electron chi connectivity index (χ4n) is 2.40. The van der Waals surface area contributed by atoms with Crippen LogP contribution in [0.5, 0.6) is 0 Å². The van der Waals surface area contributed by atoms with Crippen LogP contribution < -0.4 is 0 Å². The molecule has 2 atom stereocenters. The summed E-state index contributed by atoms with van der Waals surface area (Å²) < 4.78 is 5.72. The highest BCUT2D eigenvalue weighted by atomic mass is 16.5. The molecule has 1 aromatic carbocycles. The van der Waals surface area contributed by atoms with Crippen molar-refractivity contribution in [1.82, 2.24) is 0 Å². The molecule has 23 heavy (non-hydrogen) atoms. The van der Waals surface area contributed by atoms with Gasteiger partial charge in [0.1, 0.15) is 5.76 Å². The van der Waals surface area contributed by atoms with Crippen LogP contribution >= 0.6 is 0 Å². The third kappa shape index (κ3) is 4.26. The highest BCUT2D eigenvalue weighted by Crippen LogP contribution is 2.56. The third-order valence-electron chi connectivity index (χ3n) is 4.13. The zero-order valence-electron chi connectivity index (χ0n) is 15.0. The molecule has 0 bridgehead atoms. The highest BCUT2D eigenvalue weighted by Gasteiger charge is 2.53. The summed E-state index contributed by atoms with van der Waals surface area (Å²) >= 11 is 0. The van der Waals surface area contributed by atoms with Crippen molar-refractivity contribution in [3.05, 3.63) is 47.2 Å². The molecule has 1 aromatic rings. The standard InChI is InChI=1S/C21H26O2/c1-15(2)18(23-19(22)20(3,4)5)17-14-21(17,6)13-12-16-10-8-7-9-11-16/h7-11,17H,14H2,1-6H3/t17-,21-/m0/s1. The molecule has 1 fully saturated rings. The monoisotopic (exact) mass is 310 g/mol. The number of benzene rings is 1. The van der Waals surface area contributed by atoms with Crippen molar-refractivity contribution in [2.45, 2.75) is 48.0 Å². The van der Waals surface area contributed by atoms with Crippen LogP contribution in [0.15, 0.2) is 41.7 Å². The highest BCUT2D eigenvalue weighted by molar-refractivity contribution is 5.76. The van der Waals surface area contributed by atoms with Gasteiger partial charge in [0.15, 0.2) is 0 Å². The fourth-order valence-corrected chi connectivity index (χ4v) is 2.40. The van der Waals surface area contributed by atoms with Crippen molar-refractivity contribution in [1.29, 1.82) is 0 Å². The first-order valence-electron chi connectivity index (χ1n) is 8.11. The van der Waals surface area contributed by atoms with Gasteiger partial charge in [-0.2, -0.15) is 0 Å². The maximum absolute atomic E-state index is 12.2. The van der Waals surface area contributed by atoms with E-state index in [1.54, 1.807) is 0 Å². The van der Waals surface area contributed by atoms with Crippen LogP contribution in [0, 0.1) is 28.6 Å². The molecule has 2 rings (SSSR count). The summed E-state index contributed by atoms with van der Waals surface area (Å²) in [6.07, 6.45) is 0.935. The Balaban J connectivity index is 2.15. The van der Waals surface area contributed by atoms with Crippen LogP contribution in [0.2, 0.25) is 0 Å². The number of rotatable bonds is 2. The Morgan fingerprint density at radius 3 is 2.35 bits per heavy atom. The summed E-state index contributed by atoms with van der Waals surface area (Å²) in [5.74, 6) is 7.44. The van der Waals surface area contributed by atoms with Gasteiger partial charge in [-0.1, -0.05) is 30.0 Å². The Kier molecular flexibility index (Phi) is 4.71. The molecule has 2 heteroatoms. The fraction of sp³-hybridized carbons (Fsp3) is 0.476. The Morgan fingerprint density at radius 2 is 1.83 bits per heavy atom. The molecule has 0 spiro atoms. The number of hydrogen-bond donors (Lipinski definition) is 0. The lowest BCUT2D eigenvalue weighted by Crippen LogP contribution is -2.24. The van der Waals surface area contributed by atoms with Crippen LogP contribution in [-0.4, -0.2) is 5.97 Å². The first kappa shape index (κ1) is 17.3. The molecule has 0 heterocycles. The van der Waals surface area contributed by atoms with E-state index in [9.17, 15) is 4.79 Å². The number of ether oxygens (including phenoxy) is 1. The first-order chi connectivity index (χ1) is 10.6. The molecule has 0 amide bonds. The summed E-state index contributed by atoms with van der Waals surface area (Å²) in [4.78, 5) is 12.2. The van der Waals surface area contributed by atoms with E-state index in [4.69, 9.17) is 4.74 Å². The number of allylic oxidation sites excluding steroid dienone is 2. The molecule has 0 aromatic heterocycles. The number of carbonyl (C=O) groups excluding carboxylic acids is 1. The second-order valence-corrected chi connectivity index (χ2v) is 7.79. The zero-order valence-corrected chi connectivity index (χ0v) is 15.0. The number of esters is 1. The van der Waals surface area contributed by atoms with Gasteiger partial charge in [0.25, 0.3) is 0 Å². The smallest absolute Gasteiger partial charge is 0.316 e. The van der Waals surface area contributed by atoms with E-state index in [0.717, 1.165) is 23.3 Å². The molecule has 0 radical (unpaired) electrons. The average molecular weight is 310 g/mol. The van der Waals surface area contributed by atoms with Gasteiger partial charge >= 0.3 is 5.97 Å². The van der Waals surface area contributed by atoms with E-state index >= 15 is 0 Å². The predicted molar refractivity (Wildman–Crippen MR) is 93.5 cm³/mol. The minimum absolute atomic E-state index is 0.111. The Morgan fingerprint density at radius 1 is 1.22 bits per heavy atom. The van der Waals surface area contributed by atoms with Crippen LogP contribution in [0.3, 0.4) is 0 Å². The van der Waals surface area contributed by atoms with E-state index in [0.29, 0.717) is 0 Å². The van der Waals surface area contributed by atoms with E-state index in [2.05, 4.69) is 18.8 Å². The Labute approximate surface area is 139 Å². The minimum atomic E-state index is -0.498. The van der Waals surface area contributed by atoms with Crippen molar-refractivity contribution < 1.29 is 9.53 Å². The Bertz CT molecular complexity index is 676. The largest absolute Gasteiger partial charge is 0.430 e. The molecule has 2 nitrogen and oxygen atoms in total. The SMILES string of the molecule is CC(C)=C(OC(=O)C(C)(C)C)[C@@H]1C[C@]1(C)C#Cc1ccccc1. The predicted octanol–water partition coefficient (Wildman–Crippen LogP) is 4.95. The topological polar surface area (TPSA) is 26.3 Å². The van der Waals surface area contributed by atoms with Gasteiger partial charge in [0, 0.05) is 16.9 Å². The summed E-state index contributed by atoms with van der Waals surface area (Å²) in [7, 11) is 0. The molecule has 1 saturated carbocycles. The third-order valence-corrected chi connectivity index (χ3v) is 4.13. The van der Waals surface area contributed by atoms with Crippen LogP contribution in [-0.2, 0) is 9.53 Å². The van der Waals surface area contributed by atoms with Crippen molar-refractivity contribution >= 4 is 5.97 Å². The van der Waals surface area contributed by atoms with Gasteiger partial charge in [-0.25, -0.2) is 0 Å². The molecule has 0 saturated heterocycles. The van der Waals surface area contributed by atoms with Crippen molar-refractivity contribution in [3.63, 3.8) is 0 Å². The molecule has 0 unspecified atom stereocenters. The summed E-state index contributed by atoms with van der Waals surface area (Å²) in [6.45, 7) is 11.8. The molecular weight excluding hydrogens is 284 g/mol. The second-order valence-electron chi connectivity index (χ2n) is 7.79. The van der Waals surface area contributed by atoms with E-state index in [1.165, 1.54) is 0 Å². The molecule has 0 aliphatic heterocycles. The summed E-state index contributed by atoms with van der Waals surface area (Å²) in [6, 6.07) is 9.98. The van der Waals surface area contributed by atoms with Gasteiger partial charge in [0.2, 0.25) is 0 Å². The quantitative estimate of drug-likeness (QED) is 0.439. The van der Waals surface area contributed by atoms with Gasteiger partial charge in [0.05, 0.1) is 5.41 Å². The lowest BCUT2D eigenvalue weighted by atomic mass is 9.97. The van der Waals surface area contributed by atoms with Crippen LogP contribution in [0.4, 0.5) is 0 Å². The number of carbonyl (C=O) groups is 1.